The lowest BCUT2D eigenvalue weighted by atomic mass is 9.94. The zero-order valence-corrected chi connectivity index (χ0v) is 7.97. The molecule has 2 rings (SSSR count). The summed E-state index contributed by atoms with van der Waals surface area (Å²) in [7, 11) is 0. The Balaban J connectivity index is 2.43. The number of aliphatic hydroxyl groups is 1. The maximum Gasteiger partial charge on any atom is 0.144 e. The molecule has 0 spiro atoms. The van der Waals surface area contributed by atoms with Gasteiger partial charge in [0.25, 0.3) is 0 Å². The van der Waals surface area contributed by atoms with Crippen molar-refractivity contribution in [3.8, 4) is 0 Å². The third-order valence-corrected chi connectivity index (χ3v) is 2.34. The van der Waals surface area contributed by atoms with Crippen LogP contribution in [0.15, 0.2) is 53.1 Å². The zero-order chi connectivity index (χ0) is 10.0. The topological polar surface area (TPSA) is 33.4 Å². The van der Waals surface area contributed by atoms with Crippen molar-refractivity contribution in [2.75, 3.05) is 0 Å². The first-order chi connectivity index (χ1) is 6.71. The minimum atomic E-state index is -1.05. The summed E-state index contributed by atoms with van der Waals surface area (Å²) in [5, 5.41) is 10.3. The molecule has 1 heterocycles. The lowest BCUT2D eigenvalue weighted by molar-refractivity contribution is 0.0767. The Morgan fingerprint density at radius 3 is 2.36 bits per heavy atom. The van der Waals surface area contributed by atoms with E-state index in [9.17, 15) is 5.11 Å². The number of hydrogen-bond donors (Lipinski definition) is 1. The number of benzene rings is 1. The second-order valence-electron chi connectivity index (χ2n) is 3.42. The summed E-state index contributed by atoms with van der Waals surface area (Å²) in [4.78, 5) is 0. The maximum atomic E-state index is 10.3. The molecule has 1 atom stereocenters. The summed E-state index contributed by atoms with van der Waals surface area (Å²) < 4.78 is 5.20. The largest absolute Gasteiger partial charge is 0.466 e. The first kappa shape index (κ1) is 9.03. The molecule has 2 nitrogen and oxygen atoms in total. The average molecular weight is 188 g/mol. The fraction of sp³-hybridized carbons (Fsp3) is 0.167. The quantitative estimate of drug-likeness (QED) is 0.785. The van der Waals surface area contributed by atoms with Gasteiger partial charge >= 0.3 is 0 Å². The highest BCUT2D eigenvalue weighted by atomic mass is 16.4. The highest BCUT2D eigenvalue weighted by Crippen LogP contribution is 2.28. The van der Waals surface area contributed by atoms with Crippen molar-refractivity contribution in [2.45, 2.75) is 12.5 Å². The van der Waals surface area contributed by atoms with Gasteiger partial charge in [-0.15, -0.1) is 0 Å². The lowest BCUT2D eigenvalue weighted by Crippen LogP contribution is -2.21. The van der Waals surface area contributed by atoms with E-state index in [1.165, 1.54) is 0 Å². The molecule has 0 radical (unpaired) electrons. The molecule has 2 heteroatoms. The molecule has 0 aliphatic rings. The smallest absolute Gasteiger partial charge is 0.144 e. The van der Waals surface area contributed by atoms with Gasteiger partial charge in [-0.1, -0.05) is 30.3 Å². The van der Waals surface area contributed by atoms with E-state index < -0.39 is 5.60 Å². The van der Waals surface area contributed by atoms with E-state index in [1.807, 2.05) is 30.3 Å². The second-order valence-corrected chi connectivity index (χ2v) is 3.42. The van der Waals surface area contributed by atoms with Crippen LogP contribution in [0.1, 0.15) is 18.2 Å². The van der Waals surface area contributed by atoms with Crippen molar-refractivity contribution < 1.29 is 9.52 Å². The van der Waals surface area contributed by atoms with Crippen LogP contribution in [0, 0.1) is 0 Å². The summed E-state index contributed by atoms with van der Waals surface area (Å²) in [6.45, 7) is 1.72. The normalized spacial score (nSPS) is 15.0. The molecule has 1 N–H and O–H groups in total. The summed E-state index contributed by atoms with van der Waals surface area (Å²) in [6, 6.07) is 13.0. The minimum absolute atomic E-state index is 0.559. The summed E-state index contributed by atoms with van der Waals surface area (Å²) in [5.41, 5.74) is -0.222. The van der Waals surface area contributed by atoms with Gasteiger partial charge in [0.2, 0.25) is 0 Å². The third kappa shape index (κ3) is 1.44. The molecule has 0 aliphatic carbocycles. The highest BCUT2D eigenvalue weighted by Gasteiger charge is 2.27. The molecule has 1 aromatic heterocycles. The first-order valence-electron chi connectivity index (χ1n) is 4.53. The number of hydrogen-bond acceptors (Lipinski definition) is 2. The average Bonchev–Trinajstić information content (AvgIpc) is 2.72. The maximum absolute atomic E-state index is 10.3. The highest BCUT2D eigenvalue weighted by molar-refractivity contribution is 5.29. The van der Waals surface area contributed by atoms with Crippen LogP contribution in [-0.4, -0.2) is 5.11 Å². The predicted molar refractivity (Wildman–Crippen MR) is 53.8 cm³/mol. The van der Waals surface area contributed by atoms with E-state index >= 15 is 0 Å². The second kappa shape index (κ2) is 3.31. The molecule has 2 aromatic rings. The van der Waals surface area contributed by atoms with E-state index in [0.717, 1.165) is 5.56 Å². The standard InChI is InChI=1S/C12H12O2/c1-12(13,11-8-5-9-14-11)10-6-3-2-4-7-10/h2-9,13H,1H3/t12-/m1/s1. The van der Waals surface area contributed by atoms with E-state index in [2.05, 4.69) is 0 Å². The Hall–Kier alpha value is -1.54. The fourth-order valence-corrected chi connectivity index (χ4v) is 1.46. The van der Waals surface area contributed by atoms with Crippen molar-refractivity contribution in [1.29, 1.82) is 0 Å². The van der Waals surface area contributed by atoms with Crippen LogP contribution in [0.4, 0.5) is 0 Å². The molecule has 72 valence electrons. The van der Waals surface area contributed by atoms with Crippen molar-refractivity contribution in [1.82, 2.24) is 0 Å². The Kier molecular flexibility index (Phi) is 2.14. The summed E-state index contributed by atoms with van der Waals surface area (Å²) in [6.07, 6.45) is 1.56. The molecule has 0 amide bonds. The van der Waals surface area contributed by atoms with Crippen LogP contribution in [0.5, 0.6) is 0 Å². The van der Waals surface area contributed by atoms with Crippen LogP contribution >= 0.6 is 0 Å². The Bertz CT molecular complexity index is 388. The molecular formula is C12H12O2. The molecule has 0 unspecified atom stereocenters. The van der Waals surface area contributed by atoms with Gasteiger partial charge in [-0.2, -0.15) is 0 Å². The molecule has 1 aromatic carbocycles. The lowest BCUT2D eigenvalue weighted by Gasteiger charge is -2.20. The van der Waals surface area contributed by atoms with Gasteiger partial charge in [-0.3, -0.25) is 0 Å². The zero-order valence-electron chi connectivity index (χ0n) is 7.97. The summed E-state index contributed by atoms with van der Waals surface area (Å²) in [5.74, 6) is 0.559. The number of rotatable bonds is 2. The van der Waals surface area contributed by atoms with Crippen LogP contribution in [0.2, 0.25) is 0 Å². The minimum Gasteiger partial charge on any atom is -0.466 e. The van der Waals surface area contributed by atoms with E-state index in [1.54, 1.807) is 25.3 Å². The Labute approximate surface area is 82.8 Å². The van der Waals surface area contributed by atoms with Crippen molar-refractivity contribution >= 4 is 0 Å². The van der Waals surface area contributed by atoms with Gasteiger partial charge in [-0.25, -0.2) is 0 Å². The molecule has 0 bridgehead atoms. The molecule has 0 aliphatic heterocycles. The predicted octanol–water partition coefficient (Wildman–Crippen LogP) is 2.54. The monoisotopic (exact) mass is 188 g/mol. The van der Waals surface area contributed by atoms with E-state index in [-0.39, 0.29) is 0 Å². The van der Waals surface area contributed by atoms with E-state index in [0.29, 0.717) is 5.76 Å². The fourth-order valence-electron chi connectivity index (χ4n) is 1.46. The van der Waals surface area contributed by atoms with Crippen molar-refractivity contribution in [2.24, 2.45) is 0 Å². The molecular weight excluding hydrogens is 176 g/mol. The molecule has 0 fully saturated rings. The van der Waals surface area contributed by atoms with Gasteiger partial charge in [0.05, 0.1) is 6.26 Å². The van der Waals surface area contributed by atoms with Crippen LogP contribution in [0.25, 0.3) is 0 Å². The van der Waals surface area contributed by atoms with Crippen LogP contribution in [-0.2, 0) is 5.60 Å². The van der Waals surface area contributed by atoms with Crippen LogP contribution in [0.3, 0.4) is 0 Å². The van der Waals surface area contributed by atoms with Gasteiger partial charge < -0.3 is 9.52 Å². The van der Waals surface area contributed by atoms with Crippen molar-refractivity contribution in [3.05, 3.63) is 60.1 Å². The first-order valence-corrected chi connectivity index (χ1v) is 4.53. The van der Waals surface area contributed by atoms with E-state index in [4.69, 9.17) is 4.42 Å². The van der Waals surface area contributed by atoms with Gasteiger partial charge in [0, 0.05) is 0 Å². The summed E-state index contributed by atoms with van der Waals surface area (Å²) >= 11 is 0. The third-order valence-electron chi connectivity index (χ3n) is 2.34. The molecule has 0 saturated heterocycles. The number of furan rings is 1. The molecule has 0 saturated carbocycles. The van der Waals surface area contributed by atoms with Gasteiger partial charge in [-0.05, 0) is 24.6 Å². The van der Waals surface area contributed by atoms with Crippen molar-refractivity contribution in [3.63, 3.8) is 0 Å². The Morgan fingerprint density at radius 1 is 1.07 bits per heavy atom. The van der Waals surface area contributed by atoms with Crippen LogP contribution < -0.4 is 0 Å². The Morgan fingerprint density at radius 2 is 1.79 bits per heavy atom. The van der Waals surface area contributed by atoms with Gasteiger partial charge in [0.15, 0.2) is 0 Å². The molecule has 14 heavy (non-hydrogen) atoms. The SMILES string of the molecule is C[C@@](O)(c1ccccc1)c1ccco1. The van der Waals surface area contributed by atoms with Gasteiger partial charge in [0.1, 0.15) is 11.4 Å².